The predicted octanol–water partition coefficient (Wildman–Crippen LogP) is 19.6. The van der Waals surface area contributed by atoms with Crippen LogP contribution in [0.1, 0.15) is 135 Å². The number of para-hydroxylation sites is 1. The number of unbranched alkanes of at least 4 members (excludes halogenated alkanes) is 2. The number of rotatable bonds is 20. The Labute approximate surface area is 447 Å². The van der Waals surface area contributed by atoms with Crippen molar-refractivity contribution in [3.8, 4) is 35.1 Å². The van der Waals surface area contributed by atoms with Gasteiger partial charge in [-0.1, -0.05) is 115 Å². The van der Waals surface area contributed by atoms with E-state index in [1.807, 2.05) is 65.2 Å². The fraction of sp³-hybridized carbons (Fsp3) is 0.351. The van der Waals surface area contributed by atoms with Gasteiger partial charge < -0.3 is 10.1 Å². The molecule has 362 valence electrons. The van der Waals surface area contributed by atoms with Crippen LogP contribution in [-0.4, -0.2) is 22.5 Å². The molecule has 0 saturated carbocycles. The fourth-order valence-corrected chi connectivity index (χ4v) is 18.0. The lowest BCUT2D eigenvalue weighted by atomic mass is 9.95. The maximum Gasteiger partial charge on any atom is 0.344 e. The number of carbonyl (C=O) groups excluding carboxylic acids is 1. The summed E-state index contributed by atoms with van der Waals surface area (Å²) >= 11 is 18.5. The average molecular weight is 1070 g/mol. The molecule has 0 amide bonds. The Kier molecular flexibility index (Phi) is 16.1. The molecule has 3 aliphatic heterocycles. The summed E-state index contributed by atoms with van der Waals surface area (Å²) in [5, 5.41) is 5.34. The quantitative estimate of drug-likeness (QED) is 0.0261. The minimum Gasteiger partial charge on any atom is -0.422 e. The maximum absolute atomic E-state index is 12.9. The highest BCUT2D eigenvalue weighted by molar-refractivity contribution is 8.09. The zero-order valence-corrected chi connectivity index (χ0v) is 47.0. The molecule has 8 heterocycles. The summed E-state index contributed by atoms with van der Waals surface area (Å²) in [6, 6.07) is 25.2. The van der Waals surface area contributed by atoms with Crippen LogP contribution in [-0.2, 0) is 4.79 Å². The van der Waals surface area contributed by atoms with Gasteiger partial charge in [-0.25, -0.2) is 9.78 Å². The summed E-state index contributed by atoms with van der Waals surface area (Å²) in [4.78, 5) is 37.2. The van der Waals surface area contributed by atoms with Crippen molar-refractivity contribution < 1.29 is 9.53 Å². The van der Waals surface area contributed by atoms with Gasteiger partial charge in [0, 0.05) is 78.3 Å². The van der Waals surface area contributed by atoms with Gasteiger partial charge in [0.1, 0.15) is 10.8 Å². The van der Waals surface area contributed by atoms with Crippen molar-refractivity contribution in [1.82, 2.24) is 10.3 Å². The first-order valence-electron chi connectivity index (χ1n) is 24.8. The molecule has 1 N–H and O–H groups in total. The van der Waals surface area contributed by atoms with Crippen molar-refractivity contribution >= 4 is 137 Å². The van der Waals surface area contributed by atoms with Gasteiger partial charge in [0.15, 0.2) is 0 Å². The van der Waals surface area contributed by atoms with Gasteiger partial charge in [0.2, 0.25) is 0 Å². The molecule has 0 bridgehead atoms. The highest BCUT2D eigenvalue weighted by Gasteiger charge is 2.34. The lowest BCUT2D eigenvalue weighted by Crippen LogP contribution is -2.20. The van der Waals surface area contributed by atoms with Gasteiger partial charge in [-0.2, -0.15) is 0 Å². The second-order valence-corrected chi connectivity index (χ2v) is 27.1. The number of aliphatic imine (C=N–C) groups is 1. The smallest absolute Gasteiger partial charge is 0.344 e. The summed E-state index contributed by atoms with van der Waals surface area (Å²) in [6.07, 6.45) is 22.0. The van der Waals surface area contributed by atoms with Crippen LogP contribution in [0.3, 0.4) is 0 Å². The van der Waals surface area contributed by atoms with Gasteiger partial charge in [0.25, 0.3) is 0 Å². The molecular weight excluding hydrogens is 1020 g/mol. The lowest BCUT2D eigenvalue weighted by molar-refractivity contribution is -0.126. The molecule has 0 spiro atoms. The zero-order valence-electron chi connectivity index (χ0n) is 40.3. The number of nitrogens with one attached hydrogen (secondary N) is 1. The highest BCUT2D eigenvalue weighted by atomic mass is 32.2. The van der Waals surface area contributed by atoms with E-state index < -0.39 is 0 Å². The monoisotopic (exact) mass is 1070 g/mol. The van der Waals surface area contributed by atoms with Crippen molar-refractivity contribution in [2.45, 2.75) is 121 Å². The van der Waals surface area contributed by atoms with Crippen LogP contribution in [0.4, 0.5) is 5.69 Å². The van der Waals surface area contributed by atoms with E-state index in [0.717, 1.165) is 71.0 Å². The van der Waals surface area contributed by atoms with Crippen molar-refractivity contribution in [1.29, 1.82) is 0 Å². The number of aryl methyl sites for hydroxylation is 1. The number of aromatic nitrogens is 1. The summed E-state index contributed by atoms with van der Waals surface area (Å²) in [6.45, 7) is 11.5. The summed E-state index contributed by atoms with van der Waals surface area (Å²) in [5.74, 6) is 1.70. The summed E-state index contributed by atoms with van der Waals surface area (Å²) in [7, 11) is 0. The van der Waals surface area contributed by atoms with Gasteiger partial charge in [0.05, 0.1) is 31.7 Å². The van der Waals surface area contributed by atoms with Crippen LogP contribution in [0.2, 0.25) is 0 Å². The standard InChI is InChI=1S/C57H59N3O2S8/c1-6-10-14-34(8-3)28-36-20-25-46(66-36)50-53-55(70-56(60-53)47-27-26-45(68-47)44-23-19-37(65-44)30-40-39-16-12-13-17-41(39)62-57(40)61)51(48-32-58-49(69-48)29-35(9-4)15-11-7-2)52(54(50)63)59-31-38-21-24-43(67-38)42-22-18-33(5)64-42/h12-13,16-24,26-27,30-32,34-35,46,49,58,63H,6-11,14-15,25,28-29H2,1-5H3/b40-30+,59-31?. The van der Waals surface area contributed by atoms with E-state index in [2.05, 4.69) is 107 Å². The number of thioether (sulfide) groups is 2. The molecule has 0 saturated heterocycles. The van der Waals surface area contributed by atoms with Crippen LogP contribution >= 0.6 is 92.8 Å². The average Bonchev–Trinajstić information content (AvgIpc) is 4.22. The first-order chi connectivity index (χ1) is 34.2. The first kappa shape index (κ1) is 49.9. The number of ether oxygens (including phenoxy) is 1. The molecule has 2 aromatic carbocycles. The molecule has 10 rings (SSSR count). The Bertz CT molecular complexity index is 3140. The van der Waals surface area contributed by atoms with Gasteiger partial charge in [-0.15, -0.1) is 81.1 Å². The van der Waals surface area contributed by atoms with Crippen molar-refractivity contribution in [2.75, 3.05) is 0 Å². The Morgan fingerprint density at radius 2 is 1.51 bits per heavy atom. The van der Waals surface area contributed by atoms with E-state index in [1.165, 1.54) is 90.9 Å². The largest absolute Gasteiger partial charge is 0.422 e. The van der Waals surface area contributed by atoms with Gasteiger partial charge >= 0.3 is 5.97 Å². The molecule has 7 aromatic rings. The van der Waals surface area contributed by atoms with E-state index >= 15 is 0 Å². The minimum absolute atomic E-state index is 0.198. The summed E-state index contributed by atoms with van der Waals surface area (Å²) in [5.41, 5.74) is 5.77. The van der Waals surface area contributed by atoms with Crippen LogP contribution in [0.25, 0.3) is 56.2 Å². The number of nitrogens with zero attached hydrogens (tertiary/aromatic N) is 2. The van der Waals surface area contributed by atoms with Gasteiger partial charge in [-0.05, 0) is 104 Å². The number of esters is 1. The van der Waals surface area contributed by atoms with Crippen molar-refractivity contribution in [3.05, 3.63) is 121 Å². The first-order valence-corrected chi connectivity index (χ1v) is 31.1. The number of hydrogen-bond acceptors (Lipinski definition) is 13. The molecule has 4 unspecified atom stereocenters. The van der Waals surface area contributed by atoms with Crippen molar-refractivity contribution in [2.24, 2.45) is 16.8 Å². The Hall–Kier alpha value is -3.66. The van der Waals surface area contributed by atoms with Crippen LogP contribution in [0, 0.1) is 18.8 Å². The van der Waals surface area contributed by atoms with Crippen LogP contribution in [0.5, 0.6) is 5.75 Å². The number of thiazole rings is 1. The second-order valence-electron chi connectivity index (χ2n) is 18.4. The van der Waals surface area contributed by atoms with E-state index in [9.17, 15) is 4.79 Å². The number of fused-ring (bicyclic) bond motifs is 2. The number of thiophene rings is 4. The Balaban J connectivity index is 1.05. The molecular formula is C57H59N3O2S8. The highest BCUT2D eigenvalue weighted by Crippen LogP contribution is 2.57. The number of allylic oxidation sites excluding steroid dienone is 2. The molecule has 0 fully saturated rings. The molecule has 5 nitrogen and oxygen atoms in total. The lowest BCUT2D eigenvalue weighted by Gasteiger charge is -2.21. The second kappa shape index (κ2) is 22.6. The SMILES string of the molecule is CCCCC(CC)CC1=CCC(c2c(S)c(N=Cc3ccc(-c4ccc(C)s4)s3)c(C3=CNC(CC(CC)CCCC)S3)c3sc(-c4ccc(-c5ccc(/C=C6/C(=O)Oc7ccccc76)s5)s4)nc23)S1. The minimum atomic E-state index is -0.303. The molecule has 3 aliphatic rings. The molecule has 70 heavy (non-hydrogen) atoms. The predicted molar refractivity (Wildman–Crippen MR) is 314 cm³/mol. The van der Waals surface area contributed by atoms with Gasteiger partial charge in [-0.3, -0.25) is 4.99 Å². The number of carbonyl (C=O) groups is 1. The normalized spacial score (nSPS) is 18.3. The molecule has 0 aliphatic carbocycles. The number of benzene rings is 2. The number of hydrogen-bond donors (Lipinski definition) is 2. The Morgan fingerprint density at radius 3 is 2.29 bits per heavy atom. The topological polar surface area (TPSA) is 63.6 Å². The maximum atomic E-state index is 12.9. The molecule has 4 atom stereocenters. The molecule has 5 aromatic heterocycles. The van der Waals surface area contributed by atoms with E-state index in [1.54, 1.807) is 45.3 Å². The summed E-state index contributed by atoms with van der Waals surface area (Å²) < 4.78 is 6.73. The van der Waals surface area contributed by atoms with E-state index in [-0.39, 0.29) is 11.2 Å². The van der Waals surface area contributed by atoms with Crippen LogP contribution < -0.4 is 10.1 Å². The van der Waals surface area contributed by atoms with E-state index in [4.69, 9.17) is 27.3 Å². The molecule has 13 heteroatoms. The van der Waals surface area contributed by atoms with Crippen LogP contribution in [0.15, 0.2) is 99.9 Å². The fourth-order valence-electron chi connectivity index (χ4n) is 9.60. The third-order valence-electron chi connectivity index (χ3n) is 13.5. The zero-order chi connectivity index (χ0) is 48.3. The van der Waals surface area contributed by atoms with Crippen molar-refractivity contribution in [3.63, 3.8) is 0 Å². The Morgan fingerprint density at radius 1 is 0.814 bits per heavy atom. The third-order valence-corrected chi connectivity index (χ3v) is 22.3. The molecule has 0 radical (unpaired) electrons. The number of thiol groups is 1. The third kappa shape index (κ3) is 10.8. The van der Waals surface area contributed by atoms with E-state index in [0.29, 0.717) is 28.5 Å².